The Hall–Kier alpha value is -3.90. The average molecular weight is 405 g/mol. The van der Waals surface area contributed by atoms with Gasteiger partial charge in [0.1, 0.15) is 23.2 Å². The van der Waals surface area contributed by atoms with Gasteiger partial charge in [-0.3, -0.25) is 9.36 Å². The minimum atomic E-state index is -1.64. The number of benzene rings is 2. The lowest BCUT2D eigenvalue weighted by molar-refractivity contribution is -0.118. The monoisotopic (exact) mass is 405 g/mol. The van der Waals surface area contributed by atoms with Crippen LogP contribution in [0.25, 0.3) is 5.69 Å². The van der Waals surface area contributed by atoms with Gasteiger partial charge in [0.2, 0.25) is 17.7 Å². The van der Waals surface area contributed by atoms with E-state index in [-0.39, 0.29) is 27.8 Å². The summed E-state index contributed by atoms with van der Waals surface area (Å²) in [5.74, 6) is -1.12. The molecule has 0 fully saturated rings. The van der Waals surface area contributed by atoms with Crippen LogP contribution in [0.2, 0.25) is 0 Å². The van der Waals surface area contributed by atoms with Crippen molar-refractivity contribution in [3.8, 4) is 17.6 Å². The molecule has 9 heteroatoms. The highest BCUT2D eigenvalue weighted by atomic mass is 32.1. The molecule has 1 amide bonds. The first-order valence-corrected chi connectivity index (χ1v) is 9.00. The number of fused-ring (bicyclic) bond motifs is 4. The third-order valence-corrected chi connectivity index (χ3v) is 5.44. The molecule has 142 valence electrons. The van der Waals surface area contributed by atoms with E-state index in [1.54, 1.807) is 4.57 Å². The van der Waals surface area contributed by atoms with Crippen LogP contribution in [0.5, 0.6) is 5.88 Å². The lowest BCUT2D eigenvalue weighted by Gasteiger charge is -2.32. The molecule has 1 unspecified atom stereocenters. The predicted molar refractivity (Wildman–Crippen MR) is 104 cm³/mol. The molecule has 1 atom stereocenters. The fourth-order valence-corrected chi connectivity index (χ4v) is 4.31. The van der Waals surface area contributed by atoms with Crippen molar-refractivity contribution in [2.45, 2.75) is 5.41 Å². The largest absolute Gasteiger partial charge is 0.422 e. The lowest BCUT2D eigenvalue weighted by atomic mass is 9.71. The van der Waals surface area contributed by atoms with Gasteiger partial charge in [-0.1, -0.05) is 24.3 Å². The van der Waals surface area contributed by atoms with Crippen LogP contribution in [0.4, 0.5) is 10.1 Å². The highest BCUT2D eigenvalue weighted by molar-refractivity contribution is 7.71. The van der Waals surface area contributed by atoms with Gasteiger partial charge in [-0.05, 0) is 36.5 Å². The molecule has 0 aliphatic carbocycles. The molecule has 0 saturated carbocycles. The van der Waals surface area contributed by atoms with E-state index in [1.165, 1.54) is 18.2 Å². The number of halogens is 1. The van der Waals surface area contributed by atoms with Crippen molar-refractivity contribution in [3.05, 3.63) is 81.8 Å². The molecule has 2 aliphatic rings. The molecule has 3 aromatic rings. The Morgan fingerprint density at radius 1 is 1.24 bits per heavy atom. The van der Waals surface area contributed by atoms with Crippen LogP contribution in [-0.4, -0.2) is 15.5 Å². The number of ether oxygens (including phenoxy) is 1. The zero-order chi connectivity index (χ0) is 20.3. The quantitative estimate of drug-likeness (QED) is 0.539. The zero-order valence-corrected chi connectivity index (χ0v) is 15.5. The topological polar surface area (TPSA) is 109 Å². The number of nitriles is 1. The summed E-state index contributed by atoms with van der Waals surface area (Å²) in [6.45, 7) is 0. The van der Waals surface area contributed by atoms with E-state index in [1.807, 2.05) is 36.4 Å². The number of imidazole rings is 1. The number of aromatic amines is 1. The van der Waals surface area contributed by atoms with E-state index in [2.05, 4.69) is 10.3 Å². The summed E-state index contributed by atoms with van der Waals surface area (Å²) in [5, 5.41) is 12.6. The van der Waals surface area contributed by atoms with Gasteiger partial charge in [0, 0.05) is 16.9 Å². The van der Waals surface area contributed by atoms with Gasteiger partial charge in [-0.25, -0.2) is 4.39 Å². The molecular weight excluding hydrogens is 393 g/mol. The SMILES string of the molecule is N#CC1=C(N)Oc2[nH]c(=S)n(-c3ccccc3)c2C12C(=O)Nc1cc(F)ccc12. The van der Waals surface area contributed by atoms with Crippen molar-refractivity contribution in [1.29, 1.82) is 5.26 Å². The van der Waals surface area contributed by atoms with Crippen LogP contribution < -0.4 is 15.8 Å². The van der Waals surface area contributed by atoms with E-state index in [0.29, 0.717) is 16.9 Å². The number of para-hydroxylation sites is 1. The van der Waals surface area contributed by atoms with Crippen LogP contribution in [0.15, 0.2) is 60.0 Å². The van der Waals surface area contributed by atoms with E-state index >= 15 is 0 Å². The van der Waals surface area contributed by atoms with Crippen molar-refractivity contribution in [2.75, 3.05) is 5.32 Å². The number of nitrogens with one attached hydrogen (secondary N) is 2. The molecule has 0 bridgehead atoms. The van der Waals surface area contributed by atoms with Crippen LogP contribution in [0, 0.1) is 21.9 Å². The Balaban J connectivity index is 1.95. The summed E-state index contributed by atoms with van der Waals surface area (Å²) in [4.78, 5) is 16.3. The number of hydrogen-bond acceptors (Lipinski definition) is 5. The van der Waals surface area contributed by atoms with Crippen LogP contribution in [0.1, 0.15) is 11.3 Å². The van der Waals surface area contributed by atoms with Crippen LogP contribution >= 0.6 is 12.2 Å². The third kappa shape index (κ3) is 2.09. The summed E-state index contributed by atoms with van der Waals surface area (Å²) < 4.78 is 21.4. The molecule has 3 heterocycles. The van der Waals surface area contributed by atoms with Crippen molar-refractivity contribution in [3.63, 3.8) is 0 Å². The van der Waals surface area contributed by atoms with Gasteiger partial charge in [0.05, 0.1) is 0 Å². The molecule has 2 aromatic carbocycles. The summed E-state index contributed by atoms with van der Waals surface area (Å²) >= 11 is 5.49. The number of anilines is 1. The maximum Gasteiger partial charge on any atom is 0.246 e. The van der Waals surface area contributed by atoms with Crippen molar-refractivity contribution >= 4 is 23.8 Å². The average Bonchev–Trinajstić information content (AvgIpc) is 3.16. The van der Waals surface area contributed by atoms with E-state index in [9.17, 15) is 14.4 Å². The van der Waals surface area contributed by atoms with Crippen molar-refractivity contribution in [1.82, 2.24) is 9.55 Å². The number of amides is 1. The van der Waals surface area contributed by atoms with Crippen LogP contribution in [-0.2, 0) is 10.2 Å². The molecule has 1 aromatic heterocycles. The highest BCUT2D eigenvalue weighted by Crippen LogP contribution is 2.53. The van der Waals surface area contributed by atoms with E-state index in [0.717, 1.165) is 0 Å². The molecule has 7 nitrogen and oxygen atoms in total. The molecule has 4 N–H and O–H groups in total. The molecule has 0 saturated heterocycles. The molecule has 29 heavy (non-hydrogen) atoms. The summed E-state index contributed by atoms with van der Waals surface area (Å²) in [5.41, 5.74) is 5.92. The number of hydrogen-bond donors (Lipinski definition) is 3. The van der Waals surface area contributed by atoms with Gasteiger partial charge in [0.15, 0.2) is 10.2 Å². The number of aromatic nitrogens is 2. The number of H-pyrrole nitrogens is 1. The lowest BCUT2D eigenvalue weighted by Crippen LogP contribution is -2.43. The number of nitrogens with two attached hydrogens (primary N) is 1. The second-order valence-electron chi connectivity index (χ2n) is 6.63. The number of nitrogens with zero attached hydrogens (tertiary/aromatic N) is 2. The fraction of sp³-hybridized carbons (Fsp3) is 0.0500. The first kappa shape index (κ1) is 17.2. The maximum absolute atomic E-state index is 13.8. The summed E-state index contributed by atoms with van der Waals surface area (Å²) in [6, 6.07) is 15.0. The van der Waals surface area contributed by atoms with E-state index < -0.39 is 17.1 Å². The summed E-state index contributed by atoms with van der Waals surface area (Å²) in [7, 11) is 0. The zero-order valence-electron chi connectivity index (χ0n) is 14.7. The molecule has 0 radical (unpaired) electrons. The summed E-state index contributed by atoms with van der Waals surface area (Å²) in [6.07, 6.45) is 0. The highest BCUT2D eigenvalue weighted by Gasteiger charge is 2.59. The molecule has 5 rings (SSSR count). The van der Waals surface area contributed by atoms with Gasteiger partial charge in [-0.15, -0.1) is 0 Å². The Labute approximate surface area is 168 Å². The second kappa shape index (κ2) is 5.80. The van der Waals surface area contributed by atoms with Gasteiger partial charge in [0.25, 0.3) is 0 Å². The van der Waals surface area contributed by atoms with Crippen LogP contribution in [0.3, 0.4) is 0 Å². The first-order valence-electron chi connectivity index (χ1n) is 8.59. The first-order chi connectivity index (χ1) is 14.0. The Morgan fingerprint density at radius 3 is 2.72 bits per heavy atom. The van der Waals surface area contributed by atoms with Gasteiger partial charge in [-0.2, -0.15) is 5.26 Å². The normalized spacial score (nSPS) is 19.4. The van der Waals surface area contributed by atoms with Gasteiger partial charge < -0.3 is 20.8 Å². The number of carbonyl (C=O) groups is 1. The van der Waals surface area contributed by atoms with Gasteiger partial charge >= 0.3 is 0 Å². The Bertz CT molecular complexity index is 1340. The van der Waals surface area contributed by atoms with Crippen molar-refractivity contribution in [2.24, 2.45) is 5.73 Å². The fourth-order valence-electron chi connectivity index (χ4n) is 4.02. The second-order valence-corrected chi connectivity index (χ2v) is 7.01. The number of rotatable bonds is 1. The molecule has 2 aliphatic heterocycles. The molecule has 1 spiro atoms. The molecular formula is C20H12FN5O2S. The smallest absolute Gasteiger partial charge is 0.246 e. The maximum atomic E-state index is 13.8. The third-order valence-electron chi connectivity index (χ3n) is 5.15. The Morgan fingerprint density at radius 2 is 2.00 bits per heavy atom. The van der Waals surface area contributed by atoms with E-state index in [4.69, 9.17) is 22.7 Å². The van der Waals surface area contributed by atoms with Crippen molar-refractivity contribution < 1.29 is 13.9 Å². The Kier molecular flexibility index (Phi) is 3.44. The standard InChI is InChI=1S/C20H12FN5O2S/c21-10-6-7-12-14(8-10)24-18(27)20(12)13(9-22)16(23)28-17-15(20)26(19(29)25-17)11-4-2-1-3-5-11/h1-8H,23H2,(H,24,27)(H,25,29). The minimum absolute atomic E-state index is 0.0912. The predicted octanol–water partition coefficient (Wildman–Crippen LogP) is 3.00. The minimum Gasteiger partial charge on any atom is -0.422 e. The number of carbonyl (C=O) groups excluding carboxylic acids is 1.